The van der Waals surface area contributed by atoms with E-state index in [1.807, 2.05) is 36.4 Å². The molecule has 2 amide bonds. The molecule has 0 saturated heterocycles. The molecule has 0 radical (unpaired) electrons. The van der Waals surface area contributed by atoms with Crippen LogP contribution in [-0.4, -0.2) is 42.3 Å². The number of nitrogens with one attached hydrogen (secondary N) is 2. The van der Waals surface area contributed by atoms with Crippen LogP contribution < -0.4 is 10.6 Å². The molecule has 0 aliphatic heterocycles. The molecule has 2 aromatic carbocycles. The van der Waals surface area contributed by atoms with Crippen LogP contribution in [0.15, 0.2) is 61.2 Å². The van der Waals surface area contributed by atoms with Crippen LogP contribution in [0.2, 0.25) is 0 Å². The van der Waals surface area contributed by atoms with Gasteiger partial charge in [-0.3, -0.25) is 9.59 Å². The third-order valence-corrected chi connectivity index (χ3v) is 7.02. The fourth-order valence-corrected chi connectivity index (χ4v) is 4.59. The molecule has 0 saturated carbocycles. The van der Waals surface area contributed by atoms with Gasteiger partial charge < -0.3 is 20.5 Å². The Morgan fingerprint density at radius 2 is 1.63 bits per heavy atom. The van der Waals surface area contributed by atoms with Gasteiger partial charge in [-0.1, -0.05) is 68.5 Å². The molecule has 7 nitrogen and oxygen atoms in total. The number of benzene rings is 2. The Morgan fingerprint density at radius 1 is 1.06 bits per heavy atom. The van der Waals surface area contributed by atoms with Crippen LogP contribution in [0.4, 0.5) is 4.79 Å². The van der Waals surface area contributed by atoms with Gasteiger partial charge in [-0.2, -0.15) is 0 Å². The number of amides is 2. The molecule has 3 N–H and O–H groups in total. The second-order valence-electron chi connectivity index (χ2n) is 8.90. The smallest absolute Gasteiger partial charge is 0.407 e. The molecule has 3 rings (SSSR count). The van der Waals surface area contributed by atoms with E-state index < -0.39 is 29.4 Å². The van der Waals surface area contributed by atoms with Gasteiger partial charge in [0.2, 0.25) is 5.91 Å². The van der Waals surface area contributed by atoms with Gasteiger partial charge >= 0.3 is 12.1 Å². The van der Waals surface area contributed by atoms with Crippen molar-refractivity contribution in [2.45, 2.75) is 51.5 Å². The number of carbonyl (C=O) groups is 3. The molecule has 2 aromatic rings. The first-order valence-electron chi connectivity index (χ1n) is 12.1. The van der Waals surface area contributed by atoms with Crippen LogP contribution in [0, 0.1) is 5.41 Å². The van der Waals surface area contributed by atoms with E-state index in [2.05, 4.69) is 29.3 Å². The molecule has 186 valence electrons. The van der Waals surface area contributed by atoms with Gasteiger partial charge in [0.15, 0.2) is 0 Å². The number of rotatable bonds is 12. The summed E-state index contributed by atoms with van der Waals surface area (Å²) in [5.41, 5.74) is 3.43. The average molecular weight is 479 g/mol. The number of carbonyl (C=O) groups excluding carboxylic acids is 2. The second kappa shape index (κ2) is 11.7. The van der Waals surface area contributed by atoms with Crippen LogP contribution >= 0.6 is 0 Å². The minimum absolute atomic E-state index is 0.00880. The molecule has 0 heterocycles. The molecule has 0 bridgehead atoms. The Balaban J connectivity index is 1.64. The van der Waals surface area contributed by atoms with Crippen molar-refractivity contribution in [2.24, 2.45) is 5.41 Å². The molecule has 0 spiro atoms. The number of hydrogen-bond donors (Lipinski definition) is 3. The van der Waals surface area contributed by atoms with E-state index in [1.165, 1.54) is 0 Å². The third kappa shape index (κ3) is 5.73. The Hall–Kier alpha value is -3.61. The van der Waals surface area contributed by atoms with E-state index in [-0.39, 0.29) is 19.1 Å². The fourth-order valence-electron chi connectivity index (χ4n) is 4.59. The number of fused-ring (bicyclic) bond motifs is 3. The van der Waals surface area contributed by atoms with E-state index in [4.69, 9.17) is 4.74 Å². The van der Waals surface area contributed by atoms with Crippen molar-refractivity contribution in [1.82, 2.24) is 10.6 Å². The Kier molecular flexibility index (Phi) is 8.68. The molecule has 7 heteroatoms. The van der Waals surface area contributed by atoms with E-state index >= 15 is 0 Å². The van der Waals surface area contributed by atoms with Crippen molar-refractivity contribution < 1.29 is 24.2 Å². The van der Waals surface area contributed by atoms with E-state index in [9.17, 15) is 19.5 Å². The average Bonchev–Trinajstić information content (AvgIpc) is 3.19. The van der Waals surface area contributed by atoms with Crippen molar-refractivity contribution in [1.29, 1.82) is 0 Å². The maximum atomic E-state index is 12.9. The van der Waals surface area contributed by atoms with E-state index in [0.717, 1.165) is 22.3 Å². The monoisotopic (exact) mass is 478 g/mol. The van der Waals surface area contributed by atoms with Gasteiger partial charge in [-0.05, 0) is 47.9 Å². The molecule has 1 aliphatic rings. The number of hydrogen-bond acceptors (Lipinski definition) is 4. The zero-order valence-electron chi connectivity index (χ0n) is 20.4. The summed E-state index contributed by atoms with van der Waals surface area (Å²) in [7, 11) is 0. The summed E-state index contributed by atoms with van der Waals surface area (Å²) < 4.78 is 5.58. The zero-order chi connectivity index (χ0) is 25.4. The highest BCUT2D eigenvalue weighted by Gasteiger charge is 2.36. The SMILES string of the molecule is C=CCCC(NC(=O)OCC1c2ccccc2-c2ccccc21)C(=O)NCC(CC)(CC)C(=O)O. The number of carboxylic acid groups (broad SMARTS) is 1. The largest absolute Gasteiger partial charge is 0.481 e. The van der Waals surface area contributed by atoms with Gasteiger partial charge in [-0.25, -0.2) is 4.79 Å². The summed E-state index contributed by atoms with van der Waals surface area (Å²) in [6.45, 7) is 7.39. The first-order chi connectivity index (χ1) is 16.9. The Bertz CT molecular complexity index is 1030. The predicted octanol–water partition coefficient (Wildman–Crippen LogP) is 4.87. The normalized spacial score (nSPS) is 13.3. The minimum Gasteiger partial charge on any atom is -0.481 e. The Morgan fingerprint density at radius 3 is 2.14 bits per heavy atom. The van der Waals surface area contributed by atoms with Crippen LogP contribution in [0.5, 0.6) is 0 Å². The third-order valence-electron chi connectivity index (χ3n) is 7.02. The van der Waals surface area contributed by atoms with Crippen molar-refractivity contribution in [3.05, 3.63) is 72.3 Å². The Labute approximate surface area is 206 Å². The van der Waals surface area contributed by atoms with E-state index in [1.54, 1.807) is 19.9 Å². The summed E-state index contributed by atoms with van der Waals surface area (Å²) in [5.74, 6) is -1.47. The summed E-state index contributed by atoms with van der Waals surface area (Å²) >= 11 is 0. The second-order valence-corrected chi connectivity index (χ2v) is 8.90. The quantitative estimate of drug-likeness (QED) is 0.378. The molecule has 1 unspecified atom stereocenters. The van der Waals surface area contributed by atoms with Gasteiger partial charge in [0.25, 0.3) is 0 Å². The lowest BCUT2D eigenvalue weighted by atomic mass is 9.82. The number of ether oxygens (including phenoxy) is 1. The number of aliphatic carboxylic acids is 1. The van der Waals surface area contributed by atoms with E-state index in [0.29, 0.717) is 25.7 Å². The van der Waals surface area contributed by atoms with Crippen molar-refractivity contribution in [3.63, 3.8) is 0 Å². The lowest BCUT2D eigenvalue weighted by molar-refractivity contribution is -0.149. The minimum atomic E-state index is -1.04. The zero-order valence-corrected chi connectivity index (χ0v) is 20.4. The van der Waals surface area contributed by atoms with Gasteiger partial charge in [0.05, 0.1) is 5.41 Å². The van der Waals surface area contributed by atoms with Gasteiger partial charge in [0.1, 0.15) is 12.6 Å². The summed E-state index contributed by atoms with van der Waals surface area (Å²) in [6, 6.07) is 15.3. The van der Waals surface area contributed by atoms with Crippen LogP contribution in [-0.2, 0) is 14.3 Å². The molecule has 35 heavy (non-hydrogen) atoms. The van der Waals surface area contributed by atoms with Crippen molar-refractivity contribution >= 4 is 18.0 Å². The lowest BCUT2D eigenvalue weighted by Crippen LogP contribution is -2.50. The fraction of sp³-hybridized carbons (Fsp3) is 0.393. The summed E-state index contributed by atoms with van der Waals surface area (Å²) in [4.78, 5) is 37.3. The van der Waals surface area contributed by atoms with Crippen LogP contribution in [0.1, 0.15) is 56.6 Å². The maximum absolute atomic E-state index is 12.9. The number of allylic oxidation sites excluding steroid dienone is 1. The van der Waals surface area contributed by atoms with Crippen molar-refractivity contribution in [3.8, 4) is 11.1 Å². The van der Waals surface area contributed by atoms with Crippen LogP contribution in [0.3, 0.4) is 0 Å². The molecule has 1 aliphatic carbocycles. The summed E-state index contributed by atoms with van der Waals surface area (Å²) in [5, 5.41) is 15.0. The highest BCUT2D eigenvalue weighted by Crippen LogP contribution is 2.44. The first-order valence-corrected chi connectivity index (χ1v) is 12.1. The lowest BCUT2D eigenvalue weighted by Gasteiger charge is -2.28. The maximum Gasteiger partial charge on any atom is 0.407 e. The number of alkyl carbamates (subject to hydrolysis) is 1. The molecular formula is C28H34N2O5. The van der Waals surface area contributed by atoms with Crippen LogP contribution in [0.25, 0.3) is 11.1 Å². The molecule has 0 aromatic heterocycles. The molecule has 0 fully saturated rings. The summed E-state index contributed by atoms with van der Waals surface area (Å²) in [6.07, 6.45) is 2.59. The van der Waals surface area contributed by atoms with Gasteiger partial charge in [0, 0.05) is 12.5 Å². The predicted molar refractivity (Wildman–Crippen MR) is 135 cm³/mol. The topological polar surface area (TPSA) is 105 Å². The first kappa shape index (κ1) is 26.0. The molecule has 1 atom stereocenters. The molecular weight excluding hydrogens is 444 g/mol. The highest BCUT2D eigenvalue weighted by atomic mass is 16.5. The standard InChI is InChI=1S/C28H34N2O5/c1-4-7-16-24(25(31)29-18-28(5-2,6-3)26(32)33)30-27(34)35-17-23-21-14-10-8-12-19(21)20-13-9-11-15-22(20)23/h4,8-15,23-24H,1,5-7,16-18H2,2-3H3,(H,29,31)(H,30,34)(H,32,33). The number of carboxylic acids is 1. The highest BCUT2D eigenvalue weighted by molar-refractivity contribution is 5.86. The van der Waals surface area contributed by atoms with Crippen molar-refractivity contribution in [2.75, 3.05) is 13.2 Å². The van der Waals surface area contributed by atoms with Gasteiger partial charge in [-0.15, -0.1) is 6.58 Å².